The minimum atomic E-state index is -0.678. The zero-order valence-electron chi connectivity index (χ0n) is 14.0. The van der Waals surface area contributed by atoms with Gasteiger partial charge < -0.3 is 10.5 Å². The molecule has 1 aliphatic rings. The van der Waals surface area contributed by atoms with Gasteiger partial charge in [0.2, 0.25) is 11.7 Å². The number of methoxy groups -OCH3 is 1. The van der Waals surface area contributed by atoms with Crippen LogP contribution in [0.25, 0.3) is 0 Å². The summed E-state index contributed by atoms with van der Waals surface area (Å²) in [6, 6.07) is 0. The first-order chi connectivity index (χ1) is 11.8. The maximum Gasteiger partial charge on any atom is 0.296 e. The fourth-order valence-corrected chi connectivity index (χ4v) is 3.08. The lowest BCUT2D eigenvalue weighted by Gasteiger charge is -2.28. The maximum atomic E-state index is 12.4. The van der Waals surface area contributed by atoms with E-state index in [1.807, 2.05) is 13.8 Å². The molecule has 0 saturated carbocycles. The van der Waals surface area contributed by atoms with Crippen molar-refractivity contribution in [2.24, 2.45) is 0 Å². The third-order valence-electron chi connectivity index (χ3n) is 4.09. The molecule has 0 fully saturated rings. The van der Waals surface area contributed by atoms with Gasteiger partial charge in [0.15, 0.2) is 0 Å². The number of anilines is 2. The van der Waals surface area contributed by atoms with E-state index in [-0.39, 0.29) is 29.9 Å². The number of hydrogen-bond donors (Lipinski definition) is 1. The molecule has 9 heteroatoms. The second-order valence-corrected chi connectivity index (χ2v) is 6.07. The second kappa shape index (κ2) is 6.29. The van der Waals surface area contributed by atoms with E-state index in [0.29, 0.717) is 17.0 Å². The fourth-order valence-electron chi connectivity index (χ4n) is 2.85. The molecule has 3 rings (SSSR count). The first-order valence-electron chi connectivity index (χ1n) is 7.49. The number of pyridine rings is 1. The summed E-state index contributed by atoms with van der Waals surface area (Å²) in [5, 5.41) is 0.0690. The molecular formula is C16H16ClN5O3. The van der Waals surface area contributed by atoms with Crippen LogP contribution in [0.2, 0.25) is 5.15 Å². The number of ketones is 1. The Hall–Kier alpha value is -2.74. The maximum absolute atomic E-state index is 12.4. The Labute approximate surface area is 149 Å². The average Bonchev–Trinajstić information content (AvgIpc) is 2.55. The molecule has 0 spiro atoms. The van der Waals surface area contributed by atoms with Crippen molar-refractivity contribution >= 4 is 35.1 Å². The summed E-state index contributed by atoms with van der Waals surface area (Å²) in [5.74, 6) is -0.409. The highest BCUT2D eigenvalue weighted by Gasteiger charge is 2.35. The fraction of sp³-hybridized carbons (Fsp3) is 0.312. The quantitative estimate of drug-likeness (QED) is 0.649. The van der Waals surface area contributed by atoms with Gasteiger partial charge in [0.05, 0.1) is 19.3 Å². The summed E-state index contributed by atoms with van der Waals surface area (Å²) >= 11 is 6.07. The minimum Gasteiger partial charge on any atom is -0.496 e. The number of carbonyl (C=O) groups is 2. The number of nitrogens with zero attached hydrogens (tertiary/aromatic N) is 4. The van der Waals surface area contributed by atoms with Crippen LogP contribution < -0.4 is 15.4 Å². The molecule has 2 aromatic rings. The van der Waals surface area contributed by atoms with E-state index in [9.17, 15) is 9.59 Å². The predicted molar refractivity (Wildman–Crippen MR) is 91.6 cm³/mol. The highest BCUT2D eigenvalue weighted by Crippen LogP contribution is 2.32. The van der Waals surface area contributed by atoms with Gasteiger partial charge in [0, 0.05) is 29.3 Å². The average molecular weight is 362 g/mol. The lowest BCUT2D eigenvalue weighted by molar-refractivity contribution is -0.136. The smallest absolute Gasteiger partial charge is 0.296 e. The highest BCUT2D eigenvalue weighted by atomic mass is 35.5. The summed E-state index contributed by atoms with van der Waals surface area (Å²) in [7, 11) is 1.57. The number of halogens is 1. The lowest BCUT2D eigenvalue weighted by atomic mass is 10.0. The minimum absolute atomic E-state index is 0.0484. The van der Waals surface area contributed by atoms with Crippen LogP contribution in [0.3, 0.4) is 0 Å². The number of Topliss-reactive ketones (excluding diaryl/α,β-unsaturated/α-hetero) is 1. The zero-order valence-corrected chi connectivity index (χ0v) is 14.7. The number of carbonyl (C=O) groups excluding carboxylic acids is 2. The Balaban J connectivity index is 2.09. The first kappa shape index (κ1) is 17.1. The van der Waals surface area contributed by atoms with Gasteiger partial charge in [0.1, 0.15) is 16.7 Å². The van der Waals surface area contributed by atoms with Crippen molar-refractivity contribution in [3.63, 3.8) is 0 Å². The molecular weight excluding hydrogens is 346 g/mol. The van der Waals surface area contributed by atoms with Crippen molar-refractivity contribution in [2.45, 2.75) is 26.8 Å². The van der Waals surface area contributed by atoms with E-state index in [1.165, 1.54) is 4.90 Å². The van der Waals surface area contributed by atoms with Crippen molar-refractivity contribution in [3.8, 4) is 5.75 Å². The molecule has 130 valence electrons. The number of fused-ring (bicyclic) bond motifs is 1. The number of aryl methyl sites for hydroxylation is 1. The van der Waals surface area contributed by atoms with Crippen LogP contribution in [0.1, 0.15) is 22.4 Å². The van der Waals surface area contributed by atoms with Gasteiger partial charge >= 0.3 is 0 Å². The second-order valence-electron chi connectivity index (χ2n) is 5.71. The standard InChI is InChI=1S/C16H16ClN5O3/c1-7-5-19-10(8(2)12(7)25-3)6-22-14-9(4-11(23)15(22)24)13(17)20-16(18)21-14/h5H,4,6H2,1-3H3,(H2,18,20,21). The molecule has 0 aliphatic carbocycles. The Morgan fingerprint density at radius 3 is 2.72 bits per heavy atom. The van der Waals surface area contributed by atoms with Crippen LogP contribution in [0, 0.1) is 13.8 Å². The third kappa shape index (κ3) is 2.89. The summed E-state index contributed by atoms with van der Waals surface area (Å²) in [4.78, 5) is 38.0. The number of nitrogen functional groups attached to an aromatic ring is 1. The van der Waals surface area contributed by atoms with Gasteiger partial charge in [0.25, 0.3) is 5.91 Å². The molecule has 0 saturated heterocycles. The van der Waals surface area contributed by atoms with Crippen molar-refractivity contribution in [2.75, 3.05) is 17.7 Å². The van der Waals surface area contributed by atoms with E-state index >= 15 is 0 Å². The molecule has 0 atom stereocenters. The molecule has 8 nitrogen and oxygen atoms in total. The largest absolute Gasteiger partial charge is 0.496 e. The van der Waals surface area contributed by atoms with Crippen molar-refractivity contribution in [1.29, 1.82) is 0 Å². The molecule has 0 aromatic carbocycles. The van der Waals surface area contributed by atoms with Gasteiger partial charge in [-0.05, 0) is 13.8 Å². The Bertz CT molecular complexity index is 900. The van der Waals surface area contributed by atoms with E-state index in [2.05, 4.69) is 15.0 Å². The van der Waals surface area contributed by atoms with Crippen LogP contribution in [-0.2, 0) is 22.6 Å². The number of hydrogen-bond acceptors (Lipinski definition) is 7. The molecule has 0 unspecified atom stereocenters. The molecule has 1 aliphatic heterocycles. The van der Waals surface area contributed by atoms with Gasteiger partial charge in [-0.25, -0.2) is 4.98 Å². The number of nitrogens with two attached hydrogens (primary N) is 1. The normalized spacial score (nSPS) is 13.8. The highest BCUT2D eigenvalue weighted by molar-refractivity contribution is 6.44. The van der Waals surface area contributed by atoms with Crippen LogP contribution in [0.5, 0.6) is 5.75 Å². The van der Waals surface area contributed by atoms with Crippen LogP contribution in [-0.4, -0.2) is 33.8 Å². The summed E-state index contributed by atoms with van der Waals surface area (Å²) in [5.41, 5.74) is 8.28. The molecule has 2 N–H and O–H groups in total. The lowest BCUT2D eigenvalue weighted by Crippen LogP contribution is -2.42. The molecule has 0 bridgehead atoms. The van der Waals surface area contributed by atoms with E-state index in [0.717, 1.165) is 11.1 Å². The van der Waals surface area contributed by atoms with Crippen molar-refractivity contribution in [1.82, 2.24) is 15.0 Å². The summed E-state index contributed by atoms with van der Waals surface area (Å²) in [6.45, 7) is 3.76. The van der Waals surface area contributed by atoms with Crippen molar-refractivity contribution in [3.05, 3.63) is 33.7 Å². The number of amides is 1. The van der Waals surface area contributed by atoms with Crippen LogP contribution >= 0.6 is 11.6 Å². The number of rotatable bonds is 3. The first-order valence-corrected chi connectivity index (χ1v) is 7.87. The number of ether oxygens (including phenoxy) is 1. The third-order valence-corrected chi connectivity index (χ3v) is 4.40. The van der Waals surface area contributed by atoms with Crippen LogP contribution in [0.4, 0.5) is 11.8 Å². The summed E-state index contributed by atoms with van der Waals surface area (Å²) in [6.07, 6.45) is 1.51. The predicted octanol–water partition coefficient (Wildman–Crippen LogP) is 1.39. The SMILES string of the molecule is COc1c(C)cnc(CN2C(=O)C(=O)Cc3c(Cl)nc(N)nc32)c1C. The van der Waals surface area contributed by atoms with E-state index in [1.54, 1.807) is 13.3 Å². The van der Waals surface area contributed by atoms with E-state index in [4.69, 9.17) is 22.1 Å². The molecule has 2 aromatic heterocycles. The van der Waals surface area contributed by atoms with Gasteiger partial charge in [-0.1, -0.05) is 11.6 Å². The topological polar surface area (TPSA) is 111 Å². The Kier molecular flexibility index (Phi) is 4.30. The number of aromatic nitrogens is 3. The monoisotopic (exact) mass is 361 g/mol. The van der Waals surface area contributed by atoms with E-state index < -0.39 is 11.7 Å². The molecule has 25 heavy (non-hydrogen) atoms. The Morgan fingerprint density at radius 1 is 1.32 bits per heavy atom. The molecule has 3 heterocycles. The summed E-state index contributed by atoms with van der Waals surface area (Å²) < 4.78 is 5.38. The molecule has 1 amide bonds. The van der Waals surface area contributed by atoms with Crippen molar-refractivity contribution < 1.29 is 14.3 Å². The Morgan fingerprint density at radius 2 is 2.04 bits per heavy atom. The molecule has 0 radical (unpaired) electrons. The van der Waals surface area contributed by atoms with Gasteiger partial charge in [-0.15, -0.1) is 0 Å². The van der Waals surface area contributed by atoms with Crippen LogP contribution in [0.15, 0.2) is 6.20 Å². The van der Waals surface area contributed by atoms with Gasteiger partial charge in [-0.3, -0.25) is 19.5 Å². The zero-order chi connectivity index (χ0) is 18.3. The van der Waals surface area contributed by atoms with Gasteiger partial charge in [-0.2, -0.15) is 4.98 Å².